The molecule has 2 aromatic carbocycles. The van der Waals surface area contributed by atoms with E-state index in [4.69, 9.17) is 0 Å². The summed E-state index contributed by atoms with van der Waals surface area (Å²) in [5, 5.41) is 1.41. The van der Waals surface area contributed by atoms with Gasteiger partial charge in [-0.1, -0.05) is 24.3 Å². The summed E-state index contributed by atoms with van der Waals surface area (Å²) < 4.78 is 76.3. The lowest BCUT2D eigenvalue weighted by Gasteiger charge is -2.23. The number of hydrogen-bond acceptors (Lipinski definition) is 4. The van der Waals surface area contributed by atoms with E-state index in [1.807, 2.05) is 0 Å². The molecule has 30 heavy (non-hydrogen) atoms. The second-order valence-corrected chi connectivity index (χ2v) is 8.43. The molecule has 0 saturated heterocycles. The molecule has 0 fully saturated rings. The van der Waals surface area contributed by atoms with Crippen LogP contribution in [0.1, 0.15) is 21.5 Å². The zero-order valence-electron chi connectivity index (χ0n) is 16.0. The predicted octanol–water partition coefficient (Wildman–Crippen LogP) is 2.96. The number of amides is 1. The fourth-order valence-corrected chi connectivity index (χ4v) is 3.42. The Morgan fingerprint density at radius 3 is 2.30 bits per heavy atom. The summed E-state index contributed by atoms with van der Waals surface area (Å²) in [5.74, 6) is -4.13. The molecular formula is C19H18F4N2O4S. The van der Waals surface area contributed by atoms with E-state index in [0.717, 1.165) is 28.3 Å². The Kier molecular flexibility index (Phi) is 6.86. The van der Waals surface area contributed by atoms with Crippen molar-refractivity contribution in [3.05, 3.63) is 65.0 Å². The summed E-state index contributed by atoms with van der Waals surface area (Å²) in [6.07, 6.45) is -4.17. The molecule has 0 bridgehead atoms. The number of rotatable bonds is 7. The van der Waals surface area contributed by atoms with Gasteiger partial charge in [-0.3, -0.25) is 13.9 Å². The van der Waals surface area contributed by atoms with Gasteiger partial charge in [0.05, 0.1) is 25.0 Å². The van der Waals surface area contributed by atoms with Gasteiger partial charge >= 0.3 is 12.1 Å². The molecule has 0 aliphatic carbocycles. The van der Waals surface area contributed by atoms with E-state index in [0.29, 0.717) is 5.69 Å². The first-order valence-electron chi connectivity index (χ1n) is 8.50. The first kappa shape index (κ1) is 23.3. The SMILES string of the molecule is Cc1cccc(N(Cc2ccc(C(=O)CNC(=O)C(F)(F)F)cc2F)S(C)(=O)=O)c1. The van der Waals surface area contributed by atoms with Crippen LogP contribution < -0.4 is 9.62 Å². The number of ketones is 1. The van der Waals surface area contributed by atoms with Gasteiger partial charge in [-0.25, -0.2) is 12.8 Å². The highest BCUT2D eigenvalue weighted by atomic mass is 32.2. The smallest absolute Gasteiger partial charge is 0.341 e. The molecule has 11 heteroatoms. The molecule has 0 heterocycles. The van der Waals surface area contributed by atoms with E-state index in [1.54, 1.807) is 31.2 Å². The van der Waals surface area contributed by atoms with E-state index in [-0.39, 0.29) is 17.7 Å². The monoisotopic (exact) mass is 446 g/mol. The van der Waals surface area contributed by atoms with Gasteiger partial charge in [0.2, 0.25) is 10.0 Å². The Hall–Kier alpha value is -2.95. The molecule has 0 aromatic heterocycles. The van der Waals surface area contributed by atoms with Gasteiger partial charge in [0.25, 0.3) is 0 Å². The van der Waals surface area contributed by atoms with Crippen LogP contribution in [0.2, 0.25) is 0 Å². The maximum Gasteiger partial charge on any atom is 0.471 e. The summed E-state index contributed by atoms with van der Waals surface area (Å²) in [6, 6.07) is 9.68. The Morgan fingerprint density at radius 2 is 1.77 bits per heavy atom. The third-order valence-electron chi connectivity index (χ3n) is 4.05. The molecular weight excluding hydrogens is 428 g/mol. The number of alkyl halides is 3. The molecule has 0 saturated carbocycles. The number of benzene rings is 2. The average Bonchev–Trinajstić information content (AvgIpc) is 2.62. The lowest BCUT2D eigenvalue weighted by Crippen LogP contribution is -2.39. The molecule has 0 unspecified atom stereocenters. The second kappa shape index (κ2) is 8.82. The second-order valence-electron chi connectivity index (χ2n) is 6.52. The summed E-state index contributed by atoms with van der Waals surface area (Å²) in [5.41, 5.74) is 0.813. The van der Waals surface area contributed by atoms with Gasteiger partial charge in [0.1, 0.15) is 5.82 Å². The molecule has 0 atom stereocenters. The van der Waals surface area contributed by atoms with Crippen molar-refractivity contribution >= 4 is 27.4 Å². The van der Waals surface area contributed by atoms with E-state index in [9.17, 15) is 35.6 Å². The topological polar surface area (TPSA) is 83.6 Å². The normalized spacial score (nSPS) is 11.8. The standard InChI is InChI=1S/C19H18F4N2O4S/c1-12-4-3-5-15(8-12)25(30(2,28)29)11-14-7-6-13(9-16(14)20)17(26)10-24-18(27)19(21,22)23/h3-9H,10-11H2,1-2H3,(H,24,27). The number of aryl methyl sites for hydroxylation is 1. The Balaban J connectivity index is 2.21. The van der Waals surface area contributed by atoms with Gasteiger partial charge in [-0.2, -0.15) is 13.2 Å². The van der Waals surface area contributed by atoms with Crippen LogP contribution in [0.4, 0.5) is 23.2 Å². The maximum atomic E-state index is 14.5. The van der Waals surface area contributed by atoms with E-state index in [2.05, 4.69) is 0 Å². The van der Waals surface area contributed by atoms with Crippen molar-refractivity contribution in [2.24, 2.45) is 0 Å². The zero-order chi connectivity index (χ0) is 22.7. The number of Topliss-reactive ketones (excluding diaryl/α,β-unsaturated/α-hetero) is 1. The van der Waals surface area contributed by atoms with Crippen LogP contribution in [-0.2, 0) is 21.4 Å². The van der Waals surface area contributed by atoms with Gasteiger partial charge in [0, 0.05) is 11.1 Å². The number of carbonyl (C=O) groups is 2. The molecule has 6 nitrogen and oxygen atoms in total. The number of carbonyl (C=O) groups excluding carboxylic acids is 2. The maximum absolute atomic E-state index is 14.5. The largest absolute Gasteiger partial charge is 0.471 e. The number of sulfonamides is 1. The van der Waals surface area contributed by atoms with Crippen molar-refractivity contribution in [3.63, 3.8) is 0 Å². The van der Waals surface area contributed by atoms with Crippen LogP contribution in [0.5, 0.6) is 0 Å². The van der Waals surface area contributed by atoms with Crippen LogP contribution in [0.25, 0.3) is 0 Å². The lowest BCUT2D eigenvalue weighted by atomic mass is 10.1. The minimum absolute atomic E-state index is 0.0437. The molecule has 2 rings (SSSR count). The van der Waals surface area contributed by atoms with Gasteiger partial charge in [-0.05, 0) is 30.7 Å². The van der Waals surface area contributed by atoms with E-state index < -0.39 is 40.3 Å². The predicted molar refractivity (Wildman–Crippen MR) is 102 cm³/mol. The van der Waals surface area contributed by atoms with Crippen LogP contribution >= 0.6 is 0 Å². The highest BCUT2D eigenvalue weighted by Crippen LogP contribution is 2.23. The van der Waals surface area contributed by atoms with E-state index in [1.165, 1.54) is 11.4 Å². The fraction of sp³-hybridized carbons (Fsp3) is 0.263. The van der Waals surface area contributed by atoms with Gasteiger partial charge in [0.15, 0.2) is 5.78 Å². The number of halogens is 4. The van der Waals surface area contributed by atoms with Gasteiger partial charge < -0.3 is 5.32 Å². The highest BCUT2D eigenvalue weighted by Gasteiger charge is 2.38. The zero-order valence-corrected chi connectivity index (χ0v) is 16.8. The van der Waals surface area contributed by atoms with Crippen molar-refractivity contribution in [2.45, 2.75) is 19.6 Å². The summed E-state index contributed by atoms with van der Waals surface area (Å²) in [7, 11) is -3.76. The Morgan fingerprint density at radius 1 is 1.10 bits per heavy atom. The number of nitrogens with zero attached hydrogens (tertiary/aromatic N) is 1. The van der Waals surface area contributed by atoms with Gasteiger partial charge in [-0.15, -0.1) is 0 Å². The van der Waals surface area contributed by atoms with Crippen LogP contribution in [0.15, 0.2) is 42.5 Å². The molecule has 0 spiro atoms. The summed E-state index contributed by atoms with van der Waals surface area (Å²) in [6.45, 7) is 0.450. The molecule has 1 N–H and O–H groups in total. The van der Waals surface area contributed by atoms with Crippen molar-refractivity contribution in [2.75, 3.05) is 17.1 Å². The molecule has 2 aromatic rings. The van der Waals surface area contributed by atoms with Crippen LogP contribution in [-0.4, -0.2) is 39.1 Å². The number of nitrogens with one attached hydrogen (secondary N) is 1. The summed E-state index contributed by atoms with van der Waals surface area (Å²) >= 11 is 0. The fourth-order valence-electron chi connectivity index (χ4n) is 2.55. The first-order valence-corrected chi connectivity index (χ1v) is 10.3. The van der Waals surface area contributed by atoms with E-state index >= 15 is 0 Å². The molecule has 1 amide bonds. The molecule has 0 aliphatic rings. The summed E-state index contributed by atoms with van der Waals surface area (Å²) in [4.78, 5) is 22.7. The third-order valence-corrected chi connectivity index (χ3v) is 5.19. The van der Waals surface area contributed by atoms with Crippen molar-refractivity contribution in [1.29, 1.82) is 0 Å². The van der Waals surface area contributed by atoms with Crippen molar-refractivity contribution in [3.8, 4) is 0 Å². The number of anilines is 1. The van der Waals surface area contributed by atoms with Crippen molar-refractivity contribution in [1.82, 2.24) is 5.32 Å². The molecule has 0 radical (unpaired) electrons. The molecule has 0 aliphatic heterocycles. The first-order chi connectivity index (χ1) is 13.8. The van der Waals surface area contributed by atoms with Crippen LogP contribution in [0, 0.1) is 12.7 Å². The minimum atomic E-state index is -5.14. The minimum Gasteiger partial charge on any atom is -0.341 e. The quantitative estimate of drug-likeness (QED) is 0.524. The number of hydrogen-bond donors (Lipinski definition) is 1. The average molecular weight is 446 g/mol. The Labute approximate surface area is 170 Å². The third kappa shape index (κ3) is 6.02. The van der Waals surface area contributed by atoms with Crippen molar-refractivity contribution < 1.29 is 35.6 Å². The molecule has 162 valence electrons. The lowest BCUT2D eigenvalue weighted by molar-refractivity contribution is -0.173. The van der Waals surface area contributed by atoms with Crippen LogP contribution in [0.3, 0.4) is 0 Å². The highest BCUT2D eigenvalue weighted by molar-refractivity contribution is 7.92. The Bertz CT molecular complexity index is 1070.